The van der Waals surface area contributed by atoms with Gasteiger partial charge in [0.05, 0.1) is 11.6 Å². The maximum Gasteiger partial charge on any atom is 0.338 e. The van der Waals surface area contributed by atoms with Crippen LogP contribution in [0.1, 0.15) is 16.8 Å². The molecule has 2 rings (SSSR count). The molecule has 2 amide bonds. The third kappa shape index (κ3) is 5.89. The molecule has 0 saturated carbocycles. The molecular weight excluding hydrogens is 360 g/mol. The number of hydrogen-bond acceptors (Lipinski definition) is 5. The summed E-state index contributed by atoms with van der Waals surface area (Å²) in [4.78, 5) is 34.9. The number of nitrogens with zero attached hydrogens (tertiary/aromatic N) is 1. The van der Waals surface area contributed by atoms with Gasteiger partial charge in [-0.05, 0) is 36.4 Å². The highest BCUT2D eigenvalue weighted by Gasteiger charge is 2.12. The number of carbonyl (C=O) groups excluding carboxylic acids is 3. The second-order valence-electron chi connectivity index (χ2n) is 5.21. The molecule has 0 aliphatic heterocycles. The average Bonchev–Trinajstić information content (AvgIpc) is 2.63. The van der Waals surface area contributed by atoms with E-state index < -0.39 is 36.0 Å². The number of esters is 1. The predicted molar refractivity (Wildman–Crippen MR) is 90.6 cm³/mol. The highest BCUT2D eigenvalue weighted by Crippen LogP contribution is 2.13. The van der Waals surface area contributed by atoms with E-state index in [9.17, 15) is 23.2 Å². The van der Waals surface area contributed by atoms with Crippen molar-refractivity contribution in [2.24, 2.45) is 0 Å². The van der Waals surface area contributed by atoms with Crippen LogP contribution in [0.2, 0.25) is 0 Å². The number of rotatable bonds is 6. The van der Waals surface area contributed by atoms with Crippen LogP contribution in [0, 0.1) is 23.0 Å². The molecule has 138 valence electrons. The summed E-state index contributed by atoms with van der Waals surface area (Å²) < 4.78 is 30.7. The van der Waals surface area contributed by atoms with Gasteiger partial charge in [0.15, 0.2) is 18.2 Å². The van der Waals surface area contributed by atoms with Gasteiger partial charge in [-0.15, -0.1) is 0 Å². The molecule has 0 saturated heterocycles. The number of carbonyl (C=O) groups is 3. The van der Waals surface area contributed by atoms with Crippen molar-refractivity contribution >= 4 is 29.2 Å². The van der Waals surface area contributed by atoms with Crippen LogP contribution in [0.15, 0.2) is 42.5 Å². The van der Waals surface area contributed by atoms with Gasteiger partial charge in [-0.3, -0.25) is 9.59 Å². The van der Waals surface area contributed by atoms with Crippen LogP contribution in [0.5, 0.6) is 0 Å². The molecule has 7 nitrogen and oxygen atoms in total. The number of amides is 2. The smallest absolute Gasteiger partial charge is 0.338 e. The van der Waals surface area contributed by atoms with E-state index in [1.165, 1.54) is 24.3 Å². The van der Waals surface area contributed by atoms with Gasteiger partial charge >= 0.3 is 5.97 Å². The third-order valence-corrected chi connectivity index (χ3v) is 3.18. The average molecular weight is 373 g/mol. The first kappa shape index (κ1) is 19.5. The number of nitrogens with one attached hydrogen (secondary N) is 2. The first-order valence-electron chi connectivity index (χ1n) is 7.58. The molecule has 27 heavy (non-hydrogen) atoms. The molecule has 2 aromatic rings. The van der Waals surface area contributed by atoms with Crippen molar-refractivity contribution in [3.8, 4) is 6.07 Å². The minimum Gasteiger partial charge on any atom is -0.452 e. The Morgan fingerprint density at radius 1 is 0.926 bits per heavy atom. The fourth-order valence-corrected chi connectivity index (χ4v) is 1.95. The van der Waals surface area contributed by atoms with E-state index in [2.05, 4.69) is 10.6 Å². The van der Waals surface area contributed by atoms with Gasteiger partial charge in [0, 0.05) is 17.4 Å². The van der Waals surface area contributed by atoms with E-state index in [-0.39, 0.29) is 17.7 Å². The summed E-state index contributed by atoms with van der Waals surface area (Å²) in [6, 6.07) is 10.1. The second-order valence-corrected chi connectivity index (χ2v) is 5.21. The third-order valence-electron chi connectivity index (χ3n) is 3.18. The molecule has 2 aromatic carbocycles. The first-order chi connectivity index (χ1) is 12.9. The molecule has 0 fully saturated rings. The fourth-order valence-electron chi connectivity index (χ4n) is 1.95. The quantitative estimate of drug-likeness (QED) is 0.757. The summed E-state index contributed by atoms with van der Waals surface area (Å²) in [5, 5.41) is 13.1. The Bertz CT molecular complexity index is 908. The van der Waals surface area contributed by atoms with E-state index in [1.54, 1.807) is 6.07 Å². The zero-order chi connectivity index (χ0) is 19.8. The van der Waals surface area contributed by atoms with Crippen LogP contribution in [0.4, 0.5) is 20.2 Å². The zero-order valence-corrected chi connectivity index (χ0v) is 13.8. The van der Waals surface area contributed by atoms with Gasteiger partial charge < -0.3 is 15.4 Å². The fraction of sp³-hybridized carbons (Fsp3) is 0.111. The Balaban J connectivity index is 1.85. The minimum absolute atomic E-state index is 0.0208. The number of hydrogen-bond donors (Lipinski definition) is 2. The molecule has 0 heterocycles. The van der Waals surface area contributed by atoms with Gasteiger partial charge in [0.1, 0.15) is 6.42 Å². The minimum atomic E-state index is -1.12. The highest BCUT2D eigenvalue weighted by atomic mass is 19.2. The molecule has 0 radical (unpaired) electrons. The maximum absolute atomic E-state index is 13.1. The Labute approximate surface area is 152 Å². The second kappa shape index (κ2) is 9.05. The molecule has 0 aliphatic carbocycles. The van der Waals surface area contributed by atoms with Crippen LogP contribution < -0.4 is 10.6 Å². The van der Waals surface area contributed by atoms with Crippen molar-refractivity contribution < 1.29 is 27.9 Å². The number of anilines is 2. The monoisotopic (exact) mass is 373 g/mol. The van der Waals surface area contributed by atoms with E-state index in [4.69, 9.17) is 10.00 Å². The zero-order valence-electron chi connectivity index (χ0n) is 13.8. The van der Waals surface area contributed by atoms with Gasteiger partial charge in [-0.1, -0.05) is 0 Å². The van der Waals surface area contributed by atoms with Gasteiger partial charge in [0.25, 0.3) is 5.91 Å². The maximum atomic E-state index is 13.1. The van der Waals surface area contributed by atoms with E-state index >= 15 is 0 Å². The standard InChI is InChI=1S/C18H13F2N3O4/c19-14-6-5-13(9-15(14)20)23-17(25)10-27-18(26)11-1-3-12(4-2-11)22-16(24)7-8-21/h1-6,9H,7,10H2,(H,22,24)(H,23,25). The Kier molecular flexibility index (Phi) is 6.55. The molecule has 9 heteroatoms. The van der Waals surface area contributed by atoms with Crippen LogP contribution >= 0.6 is 0 Å². The molecular formula is C18H13F2N3O4. The number of ether oxygens (including phenoxy) is 1. The predicted octanol–water partition coefficient (Wildman–Crippen LogP) is 2.61. The lowest BCUT2D eigenvalue weighted by atomic mass is 10.2. The van der Waals surface area contributed by atoms with E-state index in [0.29, 0.717) is 5.69 Å². The summed E-state index contributed by atoms with van der Waals surface area (Å²) in [6.45, 7) is -0.627. The van der Waals surface area contributed by atoms with Crippen LogP contribution in [-0.4, -0.2) is 24.4 Å². The van der Waals surface area contributed by atoms with Crippen molar-refractivity contribution in [3.63, 3.8) is 0 Å². The van der Waals surface area contributed by atoms with Gasteiger partial charge in [0.2, 0.25) is 5.91 Å². The molecule has 0 unspecified atom stereocenters. The van der Waals surface area contributed by atoms with Crippen molar-refractivity contribution in [1.29, 1.82) is 5.26 Å². The van der Waals surface area contributed by atoms with Crippen LogP contribution in [0.3, 0.4) is 0 Å². The molecule has 0 aliphatic rings. The van der Waals surface area contributed by atoms with Crippen LogP contribution in [0.25, 0.3) is 0 Å². The molecule has 0 atom stereocenters. The summed E-state index contributed by atoms with van der Waals surface area (Å²) >= 11 is 0. The summed E-state index contributed by atoms with van der Waals surface area (Å²) in [7, 11) is 0. The lowest BCUT2D eigenvalue weighted by Crippen LogP contribution is -2.21. The molecule has 2 N–H and O–H groups in total. The highest BCUT2D eigenvalue weighted by molar-refractivity contribution is 5.96. The summed E-state index contributed by atoms with van der Waals surface area (Å²) in [5.74, 6) is -4.17. The number of halogens is 2. The summed E-state index contributed by atoms with van der Waals surface area (Å²) in [5.41, 5.74) is 0.546. The first-order valence-corrected chi connectivity index (χ1v) is 7.58. The summed E-state index contributed by atoms with van der Waals surface area (Å²) in [6.07, 6.45) is -0.295. The lowest BCUT2D eigenvalue weighted by molar-refractivity contribution is -0.119. The number of nitriles is 1. The van der Waals surface area contributed by atoms with Crippen molar-refractivity contribution in [1.82, 2.24) is 0 Å². The van der Waals surface area contributed by atoms with Crippen molar-refractivity contribution in [2.45, 2.75) is 6.42 Å². The Morgan fingerprint density at radius 2 is 1.56 bits per heavy atom. The van der Waals surface area contributed by atoms with E-state index in [0.717, 1.165) is 18.2 Å². The van der Waals surface area contributed by atoms with E-state index in [1.807, 2.05) is 0 Å². The topological polar surface area (TPSA) is 108 Å². The van der Waals surface area contributed by atoms with Crippen molar-refractivity contribution in [2.75, 3.05) is 17.2 Å². The number of benzene rings is 2. The normalized spacial score (nSPS) is 9.81. The molecule has 0 bridgehead atoms. The van der Waals surface area contributed by atoms with Crippen LogP contribution in [-0.2, 0) is 14.3 Å². The van der Waals surface area contributed by atoms with Gasteiger partial charge in [-0.25, -0.2) is 13.6 Å². The Morgan fingerprint density at radius 3 is 2.19 bits per heavy atom. The van der Waals surface area contributed by atoms with Crippen molar-refractivity contribution in [3.05, 3.63) is 59.7 Å². The van der Waals surface area contributed by atoms with Gasteiger partial charge in [-0.2, -0.15) is 5.26 Å². The lowest BCUT2D eigenvalue weighted by Gasteiger charge is -2.08. The molecule has 0 spiro atoms. The molecule has 0 aromatic heterocycles. The Hall–Kier alpha value is -3.80. The largest absolute Gasteiger partial charge is 0.452 e. The SMILES string of the molecule is N#CCC(=O)Nc1ccc(C(=O)OCC(=O)Nc2ccc(F)c(F)c2)cc1.